The summed E-state index contributed by atoms with van der Waals surface area (Å²) in [6.45, 7) is 25.6. The Morgan fingerprint density at radius 2 is 0.583 bits per heavy atom. The first-order valence-corrected chi connectivity index (χ1v) is 12.3. The van der Waals surface area contributed by atoms with Gasteiger partial charge >= 0.3 is 51.2 Å². The molecule has 0 unspecified atom stereocenters. The molecule has 0 aromatic carbocycles. The van der Waals surface area contributed by atoms with Crippen LogP contribution in [0.25, 0.3) is 0 Å². The normalized spacial score (nSPS) is 10.5. The van der Waals surface area contributed by atoms with E-state index in [1.54, 1.807) is 0 Å². The maximum atomic E-state index is 4.09. The van der Waals surface area contributed by atoms with Gasteiger partial charge in [-0.05, 0) is 35.5 Å². The van der Waals surface area contributed by atoms with Crippen LogP contribution in [-0.4, -0.2) is 15.3 Å². The molecule has 0 N–H and O–H groups in total. The van der Waals surface area contributed by atoms with Crippen molar-refractivity contribution in [2.24, 2.45) is 0 Å². The van der Waals surface area contributed by atoms with Crippen LogP contribution in [0.4, 0.5) is 0 Å². The van der Waals surface area contributed by atoms with Gasteiger partial charge in [0, 0.05) is 17.1 Å². The van der Waals surface area contributed by atoms with E-state index in [-0.39, 0.29) is 51.2 Å². The number of nitrogens with zero attached hydrogens (tertiary/aromatic N) is 6. The third-order valence-corrected chi connectivity index (χ3v) is 5.28. The van der Waals surface area contributed by atoms with Crippen molar-refractivity contribution in [2.45, 2.75) is 119 Å². The van der Waals surface area contributed by atoms with E-state index in [9.17, 15) is 0 Å². The summed E-state index contributed by atoms with van der Waals surface area (Å²) in [5.74, 6) is 2.97. The van der Waals surface area contributed by atoms with Gasteiger partial charge in [0.15, 0.2) is 0 Å². The van der Waals surface area contributed by atoms with Crippen LogP contribution in [-0.2, 0) is 51.2 Å². The van der Waals surface area contributed by atoms with Crippen molar-refractivity contribution in [2.75, 3.05) is 0 Å². The Balaban J connectivity index is -0.000000436. The smallest absolute Gasteiger partial charge is 0.578 e. The zero-order valence-corrected chi connectivity index (χ0v) is 26.6. The molecule has 0 spiro atoms. The van der Waals surface area contributed by atoms with Crippen molar-refractivity contribution >= 4 is 0 Å². The van der Waals surface area contributed by atoms with E-state index < -0.39 is 0 Å². The zero-order valence-electron chi connectivity index (χ0n) is 23.8. The summed E-state index contributed by atoms with van der Waals surface area (Å²) in [5, 5.41) is 24.5. The Labute approximate surface area is 251 Å². The van der Waals surface area contributed by atoms with Gasteiger partial charge in [-0.3, -0.25) is 0 Å². The fraction of sp³-hybridized carbons (Fsp3) is 0.667. The maximum absolute atomic E-state index is 4.09. The standard InChI is InChI=1S/3C9H15N2.3Cu/c3*1-6(2)8-5-9(7(3)4)11-10-8;;;/h3*5-7H,1-4H3;;;/q3*-1;3*+1. The Morgan fingerprint density at radius 3 is 0.667 bits per heavy atom. The Morgan fingerprint density at radius 1 is 0.389 bits per heavy atom. The summed E-state index contributed by atoms with van der Waals surface area (Å²) in [6.07, 6.45) is 0. The first-order chi connectivity index (χ1) is 15.3. The fourth-order valence-corrected chi connectivity index (χ4v) is 2.67. The summed E-state index contributed by atoms with van der Waals surface area (Å²) < 4.78 is 0. The first kappa shape index (κ1) is 39.7. The molecule has 0 saturated heterocycles. The third-order valence-electron chi connectivity index (χ3n) is 5.28. The van der Waals surface area contributed by atoms with E-state index in [4.69, 9.17) is 0 Å². The number of hydrogen-bond acceptors (Lipinski definition) is 3. The molecule has 6 nitrogen and oxygen atoms in total. The molecule has 0 aliphatic rings. The van der Waals surface area contributed by atoms with Gasteiger partial charge in [-0.15, -0.1) is 17.1 Å². The first-order valence-electron chi connectivity index (χ1n) is 12.3. The van der Waals surface area contributed by atoms with Crippen LogP contribution in [0.2, 0.25) is 0 Å². The molecule has 36 heavy (non-hydrogen) atoms. The predicted molar refractivity (Wildman–Crippen MR) is 137 cm³/mol. The third kappa shape index (κ3) is 13.7. The van der Waals surface area contributed by atoms with Gasteiger partial charge in [0.05, 0.1) is 0 Å². The molecule has 3 heterocycles. The van der Waals surface area contributed by atoms with Crippen LogP contribution in [0.1, 0.15) is 153 Å². The second-order valence-corrected chi connectivity index (χ2v) is 10.5. The quantitative estimate of drug-likeness (QED) is 0.273. The molecule has 0 fully saturated rings. The molecule has 0 amide bonds. The molecular weight excluding hydrogens is 599 g/mol. The minimum atomic E-state index is 0. The van der Waals surface area contributed by atoms with Gasteiger partial charge in [0.2, 0.25) is 0 Å². The van der Waals surface area contributed by atoms with Gasteiger partial charge in [-0.2, -0.15) is 0 Å². The van der Waals surface area contributed by atoms with E-state index in [1.165, 1.54) is 0 Å². The fourth-order valence-electron chi connectivity index (χ4n) is 2.67. The van der Waals surface area contributed by atoms with Crippen molar-refractivity contribution in [3.8, 4) is 0 Å². The summed E-state index contributed by atoms with van der Waals surface area (Å²) in [6, 6.07) is 6.28. The van der Waals surface area contributed by atoms with Crippen molar-refractivity contribution in [1.82, 2.24) is 30.6 Å². The molecule has 0 saturated carbocycles. The second kappa shape index (κ2) is 19.3. The zero-order chi connectivity index (χ0) is 25.3. The molecule has 0 radical (unpaired) electrons. The molecule has 216 valence electrons. The van der Waals surface area contributed by atoms with Gasteiger partial charge < -0.3 is 30.6 Å². The summed E-state index contributed by atoms with van der Waals surface area (Å²) >= 11 is 0. The molecule has 9 heteroatoms. The van der Waals surface area contributed by atoms with Crippen molar-refractivity contribution in [1.29, 1.82) is 0 Å². The number of rotatable bonds is 6. The predicted octanol–water partition coefficient (Wildman–Crippen LogP) is 6.85. The van der Waals surface area contributed by atoms with Crippen LogP contribution < -0.4 is 15.3 Å². The minimum absolute atomic E-state index is 0. The van der Waals surface area contributed by atoms with Crippen molar-refractivity contribution in [3.63, 3.8) is 0 Å². The minimum Gasteiger partial charge on any atom is -0.578 e. The van der Waals surface area contributed by atoms with Gasteiger partial charge in [0.25, 0.3) is 0 Å². The van der Waals surface area contributed by atoms with E-state index in [2.05, 4.69) is 132 Å². The van der Waals surface area contributed by atoms with Gasteiger partial charge in [-0.1, -0.05) is 101 Å². The molecule has 3 aromatic rings. The SMILES string of the molecule is CC(C)c1cc(C(C)C)[n-]n1.CC(C)c1cc(C(C)C)[n-]n1.CC(C)c1cc(C(C)C)[n-]n1.[Cu+].[Cu+].[Cu+]. The number of hydrogen-bond donors (Lipinski definition) is 0. The van der Waals surface area contributed by atoms with E-state index in [0.717, 1.165) is 34.2 Å². The molecular formula is C27H45Cu3N6. The summed E-state index contributed by atoms with van der Waals surface area (Å²) in [4.78, 5) is 0. The molecule has 0 aliphatic carbocycles. The van der Waals surface area contributed by atoms with E-state index in [0.29, 0.717) is 35.5 Å². The second-order valence-electron chi connectivity index (χ2n) is 10.5. The molecule has 0 bridgehead atoms. The van der Waals surface area contributed by atoms with Gasteiger partial charge in [0.1, 0.15) is 0 Å². The number of aromatic nitrogens is 6. The molecule has 3 rings (SSSR count). The summed E-state index contributed by atoms with van der Waals surface area (Å²) in [7, 11) is 0. The molecule has 0 atom stereocenters. The average Bonchev–Trinajstić information content (AvgIpc) is 3.49. The van der Waals surface area contributed by atoms with Crippen LogP contribution >= 0.6 is 0 Å². The molecule has 3 aromatic heterocycles. The van der Waals surface area contributed by atoms with Crippen LogP contribution in [0.5, 0.6) is 0 Å². The van der Waals surface area contributed by atoms with E-state index >= 15 is 0 Å². The maximum Gasteiger partial charge on any atom is 1.00 e. The van der Waals surface area contributed by atoms with E-state index in [1.807, 2.05) is 0 Å². The van der Waals surface area contributed by atoms with Crippen LogP contribution in [0, 0.1) is 0 Å². The van der Waals surface area contributed by atoms with Gasteiger partial charge in [-0.25, -0.2) is 0 Å². The van der Waals surface area contributed by atoms with Crippen molar-refractivity contribution in [3.05, 3.63) is 52.4 Å². The topological polar surface area (TPSA) is 81.0 Å². The Bertz CT molecular complexity index is 737. The van der Waals surface area contributed by atoms with Crippen LogP contribution in [0.3, 0.4) is 0 Å². The largest absolute Gasteiger partial charge is 1.00 e. The average molecular weight is 644 g/mol. The Kier molecular flexibility index (Phi) is 21.3. The monoisotopic (exact) mass is 642 g/mol. The molecule has 0 aliphatic heterocycles. The Hall–Kier alpha value is -0.812. The van der Waals surface area contributed by atoms with Crippen molar-refractivity contribution < 1.29 is 51.2 Å². The summed E-state index contributed by atoms with van der Waals surface area (Å²) in [5.41, 5.74) is 6.63. The van der Waals surface area contributed by atoms with Crippen LogP contribution in [0.15, 0.2) is 18.2 Å².